The molecule has 0 saturated carbocycles. The van der Waals surface area contributed by atoms with Gasteiger partial charge in [0.05, 0.1) is 0 Å². The van der Waals surface area contributed by atoms with E-state index in [9.17, 15) is 18.0 Å². The lowest BCUT2D eigenvalue weighted by atomic mass is 10.1. The molecule has 0 saturated heterocycles. The van der Waals surface area contributed by atoms with Gasteiger partial charge in [0.25, 0.3) is 0 Å². The Hall–Kier alpha value is -2.34. The molecule has 6 heteroatoms. The summed E-state index contributed by atoms with van der Waals surface area (Å²) in [6.45, 7) is 0. The van der Waals surface area contributed by atoms with Gasteiger partial charge in [-0.3, -0.25) is 4.79 Å². The number of nitrogens with two attached hydrogens (primary N) is 1. The molecule has 0 fully saturated rings. The van der Waals surface area contributed by atoms with Gasteiger partial charge in [0.15, 0.2) is 11.6 Å². The Morgan fingerprint density at radius 2 is 1.60 bits per heavy atom. The summed E-state index contributed by atoms with van der Waals surface area (Å²) >= 11 is 0. The van der Waals surface area contributed by atoms with Crippen molar-refractivity contribution < 1.29 is 18.0 Å². The highest BCUT2D eigenvalue weighted by Gasteiger charge is 2.19. The summed E-state index contributed by atoms with van der Waals surface area (Å²) in [4.78, 5) is 11.8. The highest BCUT2D eigenvalue weighted by molar-refractivity contribution is 5.95. The number of nitrogens with one attached hydrogen (secondary N) is 1. The Morgan fingerprint density at radius 1 is 1.05 bits per heavy atom. The molecule has 3 nitrogen and oxygen atoms in total. The number of anilines is 1. The van der Waals surface area contributed by atoms with Crippen molar-refractivity contribution in [3.8, 4) is 0 Å². The second-order valence-electron chi connectivity index (χ2n) is 4.12. The van der Waals surface area contributed by atoms with E-state index < -0.39 is 35.1 Å². The SMILES string of the molecule is NC(C(=O)Nc1c(F)cc(F)cc1F)c1ccccc1. The molecule has 1 amide bonds. The minimum atomic E-state index is -1.20. The number of hydrogen-bond donors (Lipinski definition) is 2. The van der Waals surface area contributed by atoms with E-state index in [2.05, 4.69) is 0 Å². The van der Waals surface area contributed by atoms with E-state index >= 15 is 0 Å². The molecule has 2 aromatic rings. The van der Waals surface area contributed by atoms with Crippen molar-refractivity contribution in [1.29, 1.82) is 0 Å². The molecule has 0 aliphatic carbocycles. The predicted molar refractivity (Wildman–Crippen MR) is 68.3 cm³/mol. The lowest BCUT2D eigenvalue weighted by molar-refractivity contribution is -0.117. The molecule has 2 aromatic carbocycles. The fourth-order valence-corrected chi connectivity index (χ4v) is 1.67. The summed E-state index contributed by atoms with van der Waals surface area (Å²) < 4.78 is 39.6. The maximum atomic E-state index is 13.4. The normalized spacial score (nSPS) is 12.0. The van der Waals surface area contributed by atoms with Crippen LogP contribution in [0.2, 0.25) is 0 Å². The van der Waals surface area contributed by atoms with Crippen molar-refractivity contribution in [2.45, 2.75) is 6.04 Å². The zero-order chi connectivity index (χ0) is 14.7. The van der Waals surface area contributed by atoms with Gasteiger partial charge in [-0.25, -0.2) is 13.2 Å². The number of rotatable bonds is 3. The van der Waals surface area contributed by atoms with Crippen LogP contribution in [-0.4, -0.2) is 5.91 Å². The van der Waals surface area contributed by atoms with Gasteiger partial charge in [0, 0.05) is 12.1 Å². The van der Waals surface area contributed by atoms with Crippen LogP contribution >= 0.6 is 0 Å². The molecular formula is C14H11F3N2O. The topological polar surface area (TPSA) is 55.1 Å². The molecule has 104 valence electrons. The summed E-state index contributed by atoms with van der Waals surface area (Å²) in [6, 6.07) is 8.21. The van der Waals surface area contributed by atoms with Gasteiger partial charge in [0.1, 0.15) is 17.5 Å². The lowest BCUT2D eigenvalue weighted by Crippen LogP contribution is -2.28. The Balaban J connectivity index is 2.20. The third kappa shape index (κ3) is 2.97. The number of amides is 1. The van der Waals surface area contributed by atoms with Gasteiger partial charge in [-0.1, -0.05) is 30.3 Å². The Labute approximate surface area is 113 Å². The summed E-state index contributed by atoms with van der Waals surface area (Å²) in [7, 11) is 0. The first kappa shape index (κ1) is 14.1. The minimum Gasteiger partial charge on any atom is -0.320 e. The monoisotopic (exact) mass is 280 g/mol. The highest BCUT2D eigenvalue weighted by atomic mass is 19.1. The lowest BCUT2D eigenvalue weighted by Gasteiger charge is -2.13. The molecule has 0 aromatic heterocycles. The van der Waals surface area contributed by atoms with Crippen molar-refractivity contribution >= 4 is 11.6 Å². The molecule has 0 aliphatic heterocycles. The van der Waals surface area contributed by atoms with Crippen LogP contribution in [0, 0.1) is 17.5 Å². The Kier molecular flexibility index (Phi) is 4.05. The van der Waals surface area contributed by atoms with Gasteiger partial charge in [-0.15, -0.1) is 0 Å². The summed E-state index contributed by atoms with van der Waals surface area (Å²) in [6.07, 6.45) is 0. The first-order chi connectivity index (χ1) is 9.49. The second kappa shape index (κ2) is 5.75. The smallest absolute Gasteiger partial charge is 0.246 e. The first-order valence-corrected chi connectivity index (χ1v) is 5.75. The van der Waals surface area contributed by atoms with E-state index in [1.165, 1.54) is 0 Å². The van der Waals surface area contributed by atoms with Gasteiger partial charge < -0.3 is 11.1 Å². The number of carbonyl (C=O) groups excluding carboxylic acids is 1. The first-order valence-electron chi connectivity index (χ1n) is 5.75. The zero-order valence-electron chi connectivity index (χ0n) is 10.2. The van der Waals surface area contributed by atoms with Crippen molar-refractivity contribution in [1.82, 2.24) is 0 Å². The number of hydrogen-bond acceptors (Lipinski definition) is 2. The molecule has 0 spiro atoms. The van der Waals surface area contributed by atoms with Crippen LogP contribution in [0.15, 0.2) is 42.5 Å². The highest BCUT2D eigenvalue weighted by Crippen LogP contribution is 2.21. The van der Waals surface area contributed by atoms with Crippen molar-refractivity contribution in [2.24, 2.45) is 5.73 Å². The van der Waals surface area contributed by atoms with E-state index in [0.717, 1.165) is 0 Å². The van der Waals surface area contributed by atoms with E-state index in [4.69, 9.17) is 5.73 Å². The van der Waals surface area contributed by atoms with Gasteiger partial charge in [-0.05, 0) is 5.56 Å². The number of carbonyl (C=O) groups is 1. The molecule has 20 heavy (non-hydrogen) atoms. The third-order valence-electron chi connectivity index (χ3n) is 2.70. The average molecular weight is 280 g/mol. The Morgan fingerprint density at radius 3 is 2.15 bits per heavy atom. The van der Waals surface area contributed by atoms with Crippen LogP contribution in [0.1, 0.15) is 11.6 Å². The minimum absolute atomic E-state index is 0.479. The maximum absolute atomic E-state index is 13.4. The molecule has 0 radical (unpaired) electrons. The molecule has 1 atom stereocenters. The molecule has 0 bridgehead atoms. The summed E-state index contributed by atoms with van der Waals surface area (Å²) in [5.41, 5.74) is 5.46. The quantitative estimate of drug-likeness (QED) is 0.908. The summed E-state index contributed by atoms with van der Waals surface area (Å²) in [5, 5.41) is 2.02. The second-order valence-corrected chi connectivity index (χ2v) is 4.12. The number of halogens is 3. The van der Waals surface area contributed by atoms with Crippen LogP contribution in [0.4, 0.5) is 18.9 Å². The van der Waals surface area contributed by atoms with E-state index in [-0.39, 0.29) is 0 Å². The molecule has 2 rings (SSSR count). The summed E-state index contributed by atoms with van der Waals surface area (Å²) in [5.74, 6) is -4.25. The van der Waals surface area contributed by atoms with Gasteiger partial charge in [0.2, 0.25) is 5.91 Å². The fraction of sp³-hybridized carbons (Fsp3) is 0.0714. The van der Waals surface area contributed by atoms with E-state index in [1.54, 1.807) is 30.3 Å². The predicted octanol–water partition coefficient (Wildman–Crippen LogP) is 2.74. The molecule has 1 unspecified atom stereocenters. The van der Waals surface area contributed by atoms with Crippen LogP contribution in [-0.2, 0) is 4.79 Å². The molecule has 3 N–H and O–H groups in total. The van der Waals surface area contributed by atoms with Gasteiger partial charge in [-0.2, -0.15) is 0 Å². The van der Waals surface area contributed by atoms with Crippen LogP contribution in [0.25, 0.3) is 0 Å². The van der Waals surface area contributed by atoms with Crippen LogP contribution in [0.3, 0.4) is 0 Å². The Bertz CT molecular complexity index is 609. The average Bonchev–Trinajstić information content (AvgIpc) is 2.42. The standard InChI is InChI=1S/C14H11F3N2O/c15-9-6-10(16)13(11(17)7-9)19-14(20)12(18)8-4-2-1-3-5-8/h1-7,12H,18H2,(H,19,20). The number of benzene rings is 2. The van der Waals surface area contributed by atoms with Crippen molar-refractivity contribution in [2.75, 3.05) is 5.32 Å². The zero-order valence-corrected chi connectivity index (χ0v) is 10.2. The van der Waals surface area contributed by atoms with Gasteiger partial charge >= 0.3 is 0 Å². The third-order valence-corrected chi connectivity index (χ3v) is 2.70. The van der Waals surface area contributed by atoms with Crippen LogP contribution in [0.5, 0.6) is 0 Å². The molecule has 0 aliphatic rings. The van der Waals surface area contributed by atoms with Crippen molar-refractivity contribution in [3.63, 3.8) is 0 Å². The fourth-order valence-electron chi connectivity index (χ4n) is 1.67. The largest absolute Gasteiger partial charge is 0.320 e. The maximum Gasteiger partial charge on any atom is 0.246 e. The molecule has 0 heterocycles. The molecular weight excluding hydrogens is 269 g/mol. The van der Waals surface area contributed by atoms with Crippen molar-refractivity contribution in [3.05, 3.63) is 65.5 Å². The van der Waals surface area contributed by atoms with E-state index in [0.29, 0.717) is 17.7 Å². The van der Waals surface area contributed by atoms with Crippen LogP contribution < -0.4 is 11.1 Å². The van der Waals surface area contributed by atoms with E-state index in [1.807, 2.05) is 5.32 Å².